The van der Waals surface area contributed by atoms with Crippen LogP contribution in [0.3, 0.4) is 0 Å². The van der Waals surface area contributed by atoms with Crippen molar-refractivity contribution in [2.24, 2.45) is 0 Å². The third-order valence-electron chi connectivity index (χ3n) is 13.0. The molecule has 0 fully saturated rings. The van der Waals surface area contributed by atoms with Crippen LogP contribution >= 0.6 is 0 Å². The molecule has 0 aromatic carbocycles. The van der Waals surface area contributed by atoms with Crippen molar-refractivity contribution in [1.29, 1.82) is 0 Å². The fourth-order valence-electron chi connectivity index (χ4n) is 8.86. The zero-order chi connectivity index (χ0) is 40.6. The molecule has 0 bridgehead atoms. The lowest BCUT2D eigenvalue weighted by atomic mass is 10.0. The number of unbranched alkanes of at least 4 members (excludes halogenated alkanes) is 39. The summed E-state index contributed by atoms with van der Waals surface area (Å²) >= 11 is 0. The largest absolute Gasteiger partial charge is 1.00 e. The SMILES string of the molecule is CCCCCCCC/C=C\CCCCCCCC[N+](C)(CCCCCCCC/C=C\CCCCCCCC)CCCCCCCCCCCCCCCCCC.[Cl-]. The highest BCUT2D eigenvalue weighted by Gasteiger charge is 2.20. The molecule has 57 heavy (non-hydrogen) atoms. The zero-order valence-electron chi connectivity index (χ0n) is 40.4. The number of nitrogens with zero attached hydrogens (tertiary/aromatic N) is 1. The molecule has 0 radical (unpaired) electrons. The molecule has 0 amide bonds. The van der Waals surface area contributed by atoms with Gasteiger partial charge in [0.25, 0.3) is 0 Å². The van der Waals surface area contributed by atoms with Crippen molar-refractivity contribution in [2.75, 3.05) is 26.7 Å². The lowest BCUT2D eigenvalue weighted by Crippen LogP contribution is -3.00. The van der Waals surface area contributed by atoms with E-state index in [1.807, 2.05) is 0 Å². The first-order chi connectivity index (χ1) is 27.7. The third-order valence-corrected chi connectivity index (χ3v) is 13.0. The van der Waals surface area contributed by atoms with E-state index in [-0.39, 0.29) is 12.4 Å². The molecule has 0 saturated heterocycles. The molecular weight excluding hydrogens is 710 g/mol. The van der Waals surface area contributed by atoms with Gasteiger partial charge in [-0.3, -0.25) is 0 Å². The molecule has 0 saturated carbocycles. The van der Waals surface area contributed by atoms with Gasteiger partial charge in [0, 0.05) is 0 Å². The second kappa shape index (κ2) is 51.9. The van der Waals surface area contributed by atoms with Crippen LogP contribution in [0.15, 0.2) is 24.3 Å². The molecule has 0 spiro atoms. The molecule has 0 aromatic heterocycles. The van der Waals surface area contributed by atoms with Crippen molar-refractivity contribution in [3.05, 3.63) is 24.3 Å². The predicted octanol–water partition coefficient (Wildman–Crippen LogP) is 16.8. The minimum Gasteiger partial charge on any atom is -1.00 e. The van der Waals surface area contributed by atoms with Gasteiger partial charge in [-0.2, -0.15) is 0 Å². The van der Waals surface area contributed by atoms with Crippen LogP contribution < -0.4 is 12.4 Å². The zero-order valence-corrected chi connectivity index (χ0v) is 41.1. The molecule has 0 aromatic rings. The summed E-state index contributed by atoms with van der Waals surface area (Å²) in [6, 6.07) is 0. The molecular formula is C55H110ClN. The van der Waals surface area contributed by atoms with Crippen LogP contribution in [0.2, 0.25) is 0 Å². The Hall–Kier alpha value is -0.270. The highest BCUT2D eigenvalue weighted by molar-refractivity contribution is 4.82. The lowest BCUT2D eigenvalue weighted by molar-refractivity contribution is -0.910. The van der Waals surface area contributed by atoms with Crippen LogP contribution in [0.25, 0.3) is 0 Å². The van der Waals surface area contributed by atoms with Crippen LogP contribution in [0, 0.1) is 0 Å². The Morgan fingerprint density at radius 2 is 0.386 bits per heavy atom. The summed E-state index contributed by atoms with van der Waals surface area (Å²) in [5.74, 6) is 0. The van der Waals surface area contributed by atoms with Gasteiger partial charge in [0.1, 0.15) is 0 Å². The second-order valence-corrected chi connectivity index (χ2v) is 19.0. The number of hydrogen-bond acceptors (Lipinski definition) is 0. The molecule has 342 valence electrons. The second-order valence-electron chi connectivity index (χ2n) is 19.0. The summed E-state index contributed by atoms with van der Waals surface area (Å²) in [7, 11) is 2.63. The van der Waals surface area contributed by atoms with Gasteiger partial charge in [-0.1, -0.05) is 238 Å². The van der Waals surface area contributed by atoms with E-state index in [9.17, 15) is 0 Å². The van der Waals surface area contributed by atoms with E-state index in [0.717, 1.165) is 0 Å². The molecule has 0 N–H and O–H groups in total. The van der Waals surface area contributed by atoms with E-state index in [1.54, 1.807) is 0 Å². The maximum atomic E-state index is 2.63. The Balaban J connectivity index is 0. The number of hydrogen-bond donors (Lipinski definition) is 0. The quantitative estimate of drug-likeness (QED) is 0.0326. The maximum Gasteiger partial charge on any atom is 0.0784 e. The molecule has 0 rings (SSSR count). The summed E-state index contributed by atoms with van der Waals surface area (Å²) < 4.78 is 1.35. The molecule has 0 aliphatic rings. The van der Waals surface area contributed by atoms with Crippen molar-refractivity contribution < 1.29 is 16.9 Å². The summed E-state index contributed by atoms with van der Waals surface area (Å²) in [6.07, 6.45) is 72.8. The van der Waals surface area contributed by atoms with Crippen molar-refractivity contribution in [3.63, 3.8) is 0 Å². The fourth-order valence-corrected chi connectivity index (χ4v) is 8.86. The molecule has 0 aliphatic heterocycles. The van der Waals surface area contributed by atoms with E-state index >= 15 is 0 Å². The van der Waals surface area contributed by atoms with Crippen LogP contribution in [0.4, 0.5) is 0 Å². The molecule has 0 aliphatic carbocycles. The number of quaternary nitrogens is 1. The van der Waals surface area contributed by atoms with E-state index < -0.39 is 0 Å². The highest BCUT2D eigenvalue weighted by atomic mass is 35.5. The van der Waals surface area contributed by atoms with Gasteiger partial charge in [0.05, 0.1) is 26.7 Å². The van der Waals surface area contributed by atoms with E-state index in [0.29, 0.717) is 0 Å². The van der Waals surface area contributed by atoms with Gasteiger partial charge >= 0.3 is 0 Å². The van der Waals surface area contributed by atoms with Crippen molar-refractivity contribution in [2.45, 2.75) is 303 Å². The van der Waals surface area contributed by atoms with Gasteiger partial charge in [0.15, 0.2) is 0 Å². The topological polar surface area (TPSA) is 0 Å². The van der Waals surface area contributed by atoms with E-state index in [1.165, 1.54) is 307 Å². The standard InChI is InChI=1S/C55H110N.ClH/c1-5-8-11-14-17-20-23-26-29-32-35-38-41-44-47-50-53-56(4,54-51-48-45-42-39-36-33-30-27-24-21-18-15-12-9-6-2)55-52-49-46-43-40-37-34-31-28-25-22-19-16-13-10-7-3;/h26-27,29-30H,5-25,28,31-55H2,1-4H3;1H/q+1;/p-1/b29-26-,30-27-;. The summed E-state index contributed by atoms with van der Waals surface area (Å²) in [5, 5.41) is 0. The normalized spacial score (nSPS) is 12.1. The van der Waals surface area contributed by atoms with Crippen molar-refractivity contribution in [1.82, 2.24) is 0 Å². The minimum absolute atomic E-state index is 0. The van der Waals surface area contributed by atoms with Crippen molar-refractivity contribution in [3.8, 4) is 0 Å². The predicted molar refractivity (Wildman–Crippen MR) is 259 cm³/mol. The first-order valence-corrected chi connectivity index (χ1v) is 26.8. The molecule has 0 unspecified atom stereocenters. The van der Waals surface area contributed by atoms with Crippen molar-refractivity contribution >= 4 is 0 Å². The highest BCUT2D eigenvalue weighted by Crippen LogP contribution is 2.18. The molecule has 0 heterocycles. The monoisotopic (exact) mass is 820 g/mol. The first-order valence-electron chi connectivity index (χ1n) is 26.8. The summed E-state index contributed by atoms with van der Waals surface area (Å²) in [5.41, 5.74) is 0. The van der Waals surface area contributed by atoms with Gasteiger partial charge < -0.3 is 16.9 Å². The number of halogens is 1. The van der Waals surface area contributed by atoms with Gasteiger partial charge in [-0.25, -0.2) is 0 Å². The smallest absolute Gasteiger partial charge is 0.0784 e. The van der Waals surface area contributed by atoms with Gasteiger partial charge in [-0.05, 0) is 89.9 Å². The Kier molecular flexibility index (Phi) is 53.5. The molecule has 0 atom stereocenters. The van der Waals surface area contributed by atoms with Crippen LogP contribution in [-0.4, -0.2) is 31.2 Å². The van der Waals surface area contributed by atoms with E-state index in [4.69, 9.17) is 0 Å². The Morgan fingerprint density at radius 3 is 0.579 bits per heavy atom. The first kappa shape index (κ1) is 58.8. The Morgan fingerprint density at radius 1 is 0.228 bits per heavy atom. The average molecular weight is 821 g/mol. The van der Waals surface area contributed by atoms with E-state index in [2.05, 4.69) is 52.1 Å². The molecule has 1 nitrogen and oxygen atoms in total. The fraction of sp³-hybridized carbons (Fsp3) is 0.927. The minimum atomic E-state index is 0. The number of allylic oxidation sites excluding steroid dienone is 4. The average Bonchev–Trinajstić information content (AvgIpc) is 3.20. The van der Waals surface area contributed by atoms with Crippen LogP contribution in [-0.2, 0) is 0 Å². The maximum absolute atomic E-state index is 2.63. The Labute approximate surface area is 369 Å². The lowest BCUT2D eigenvalue weighted by Gasteiger charge is -2.35. The van der Waals surface area contributed by atoms with Crippen LogP contribution in [0.1, 0.15) is 303 Å². The number of rotatable bonds is 49. The van der Waals surface area contributed by atoms with Gasteiger partial charge in [-0.15, -0.1) is 0 Å². The summed E-state index contributed by atoms with van der Waals surface area (Å²) in [4.78, 5) is 0. The molecule has 2 heteroatoms. The summed E-state index contributed by atoms with van der Waals surface area (Å²) in [6.45, 7) is 11.2. The third kappa shape index (κ3) is 50.0. The van der Waals surface area contributed by atoms with Crippen LogP contribution in [0.5, 0.6) is 0 Å². The Bertz CT molecular complexity index is 716. The van der Waals surface area contributed by atoms with Gasteiger partial charge in [0.2, 0.25) is 0 Å².